The molecule has 5 heteroatoms. The standard InChI is InChI=1S/C12H17N3OS/c1-16-8-7-13-5-6-15-12-10-3-9-17-11(10)2-4-14-12/h2-4,9,13H,5-8H2,1H3,(H,14,15). The molecule has 0 aliphatic heterocycles. The Kier molecular flexibility index (Phi) is 4.73. The third-order valence-corrected chi connectivity index (χ3v) is 3.34. The number of hydrogen-bond acceptors (Lipinski definition) is 5. The van der Waals surface area contributed by atoms with E-state index >= 15 is 0 Å². The van der Waals surface area contributed by atoms with Crippen LogP contribution in [0.1, 0.15) is 0 Å². The topological polar surface area (TPSA) is 46.2 Å². The summed E-state index contributed by atoms with van der Waals surface area (Å²) in [5.74, 6) is 0.970. The lowest BCUT2D eigenvalue weighted by molar-refractivity contribution is 0.200. The zero-order chi connectivity index (χ0) is 11.9. The van der Waals surface area contributed by atoms with Crippen molar-refractivity contribution in [3.8, 4) is 0 Å². The van der Waals surface area contributed by atoms with E-state index in [0.29, 0.717) is 0 Å². The van der Waals surface area contributed by atoms with Gasteiger partial charge in [-0.25, -0.2) is 4.98 Å². The van der Waals surface area contributed by atoms with Crippen LogP contribution in [0.3, 0.4) is 0 Å². The maximum Gasteiger partial charge on any atom is 0.134 e. The molecule has 2 aromatic rings. The molecule has 0 saturated heterocycles. The Morgan fingerprint density at radius 3 is 3.12 bits per heavy atom. The molecule has 0 radical (unpaired) electrons. The molecule has 0 saturated carbocycles. The van der Waals surface area contributed by atoms with Crippen molar-refractivity contribution in [3.63, 3.8) is 0 Å². The van der Waals surface area contributed by atoms with Crippen LogP contribution in [-0.2, 0) is 4.74 Å². The largest absolute Gasteiger partial charge is 0.383 e. The van der Waals surface area contributed by atoms with Crippen molar-refractivity contribution in [1.29, 1.82) is 0 Å². The van der Waals surface area contributed by atoms with E-state index in [-0.39, 0.29) is 0 Å². The van der Waals surface area contributed by atoms with Gasteiger partial charge in [-0.2, -0.15) is 0 Å². The fourth-order valence-electron chi connectivity index (χ4n) is 1.60. The van der Waals surface area contributed by atoms with E-state index < -0.39 is 0 Å². The third kappa shape index (κ3) is 3.39. The molecule has 17 heavy (non-hydrogen) atoms. The van der Waals surface area contributed by atoms with Gasteiger partial charge in [0.05, 0.1) is 6.61 Å². The van der Waals surface area contributed by atoms with E-state index in [1.165, 1.54) is 10.1 Å². The van der Waals surface area contributed by atoms with Crippen molar-refractivity contribution in [2.24, 2.45) is 0 Å². The molecule has 2 N–H and O–H groups in total. The number of rotatable bonds is 7. The number of thiophene rings is 1. The van der Waals surface area contributed by atoms with Crippen LogP contribution in [0.15, 0.2) is 23.7 Å². The molecule has 0 unspecified atom stereocenters. The van der Waals surface area contributed by atoms with Crippen LogP contribution in [0.4, 0.5) is 5.82 Å². The average Bonchev–Trinajstić information content (AvgIpc) is 2.82. The van der Waals surface area contributed by atoms with Crippen LogP contribution >= 0.6 is 11.3 Å². The van der Waals surface area contributed by atoms with E-state index in [0.717, 1.165) is 32.1 Å². The number of pyridine rings is 1. The number of aromatic nitrogens is 1. The number of anilines is 1. The summed E-state index contributed by atoms with van der Waals surface area (Å²) >= 11 is 1.74. The van der Waals surface area contributed by atoms with Crippen LogP contribution in [0.2, 0.25) is 0 Å². The first kappa shape index (κ1) is 12.3. The molecule has 0 aromatic carbocycles. The van der Waals surface area contributed by atoms with Crippen LogP contribution < -0.4 is 10.6 Å². The predicted octanol–water partition coefficient (Wildman–Crippen LogP) is 1.94. The maximum absolute atomic E-state index is 4.96. The first-order valence-corrected chi connectivity index (χ1v) is 6.55. The molecule has 0 spiro atoms. The highest BCUT2D eigenvalue weighted by atomic mass is 32.1. The molecule has 2 aromatic heterocycles. The first-order valence-electron chi connectivity index (χ1n) is 5.67. The normalized spacial score (nSPS) is 10.9. The van der Waals surface area contributed by atoms with Crippen molar-refractivity contribution >= 4 is 27.2 Å². The Morgan fingerprint density at radius 1 is 1.29 bits per heavy atom. The van der Waals surface area contributed by atoms with Gasteiger partial charge in [0.1, 0.15) is 5.82 Å². The second-order valence-electron chi connectivity index (χ2n) is 3.66. The summed E-state index contributed by atoms with van der Waals surface area (Å²) < 4.78 is 6.23. The Labute approximate surface area is 105 Å². The fourth-order valence-corrected chi connectivity index (χ4v) is 2.39. The van der Waals surface area contributed by atoms with Gasteiger partial charge in [-0.05, 0) is 17.5 Å². The lowest BCUT2D eigenvalue weighted by Crippen LogP contribution is -2.25. The summed E-state index contributed by atoms with van der Waals surface area (Å²) in [6.45, 7) is 3.41. The number of nitrogens with one attached hydrogen (secondary N) is 2. The number of hydrogen-bond donors (Lipinski definition) is 2. The highest BCUT2D eigenvalue weighted by molar-refractivity contribution is 7.17. The highest BCUT2D eigenvalue weighted by Crippen LogP contribution is 2.25. The summed E-state index contributed by atoms with van der Waals surface area (Å²) in [5.41, 5.74) is 0. The predicted molar refractivity (Wildman–Crippen MR) is 72.9 cm³/mol. The summed E-state index contributed by atoms with van der Waals surface area (Å²) in [6.07, 6.45) is 1.85. The molecule has 0 amide bonds. The second-order valence-corrected chi connectivity index (χ2v) is 4.61. The van der Waals surface area contributed by atoms with Crippen molar-refractivity contribution in [2.45, 2.75) is 0 Å². The van der Waals surface area contributed by atoms with Gasteiger partial charge in [-0.3, -0.25) is 0 Å². The first-order chi connectivity index (χ1) is 8.42. The summed E-state index contributed by atoms with van der Waals surface area (Å²) in [6, 6.07) is 4.15. The molecular weight excluding hydrogens is 234 g/mol. The molecule has 0 atom stereocenters. The van der Waals surface area contributed by atoms with E-state index in [9.17, 15) is 0 Å². The van der Waals surface area contributed by atoms with Crippen LogP contribution in [0.25, 0.3) is 10.1 Å². The zero-order valence-corrected chi connectivity index (χ0v) is 10.7. The molecule has 4 nitrogen and oxygen atoms in total. The van der Waals surface area contributed by atoms with Gasteiger partial charge in [-0.1, -0.05) is 0 Å². The monoisotopic (exact) mass is 251 g/mol. The fraction of sp³-hybridized carbons (Fsp3) is 0.417. The lowest BCUT2D eigenvalue weighted by Gasteiger charge is -2.07. The summed E-state index contributed by atoms with van der Waals surface area (Å²) in [5, 5.41) is 9.92. The molecule has 0 aliphatic carbocycles. The molecule has 2 heterocycles. The molecule has 2 rings (SSSR count). The quantitative estimate of drug-likeness (QED) is 0.738. The van der Waals surface area contributed by atoms with Crippen molar-refractivity contribution in [3.05, 3.63) is 23.7 Å². The second kappa shape index (κ2) is 6.54. The van der Waals surface area contributed by atoms with E-state index in [1.54, 1.807) is 18.4 Å². The molecule has 0 aliphatic rings. The molecule has 0 bridgehead atoms. The number of fused-ring (bicyclic) bond motifs is 1. The van der Waals surface area contributed by atoms with Gasteiger partial charge < -0.3 is 15.4 Å². The van der Waals surface area contributed by atoms with E-state index in [4.69, 9.17) is 4.74 Å². The minimum Gasteiger partial charge on any atom is -0.383 e. The molecule has 0 fully saturated rings. The van der Waals surface area contributed by atoms with Crippen molar-refractivity contribution in [2.75, 3.05) is 38.7 Å². The average molecular weight is 251 g/mol. The number of methoxy groups -OCH3 is 1. The van der Waals surface area contributed by atoms with Crippen LogP contribution in [0, 0.1) is 0 Å². The Balaban J connectivity index is 1.80. The van der Waals surface area contributed by atoms with Crippen molar-refractivity contribution < 1.29 is 4.74 Å². The highest BCUT2D eigenvalue weighted by Gasteiger charge is 2.01. The Hall–Kier alpha value is -1.17. The van der Waals surface area contributed by atoms with Crippen molar-refractivity contribution in [1.82, 2.24) is 10.3 Å². The van der Waals surface area contributed by atoms with Gasteiger partial charge in [0, 0.05) is 43.0 Å². The summed E-state index contributed by atoms with van der Waals surface area (Å²) in [4.78, 5) is 4.36. The van der Waals surface area contributed by atoms with Crippen LogP contribution in [-0.4, -0.2) is 38.3 Å². The summed E-state index contributed by atoms with van der Waals surface area (Å²) in [7, 11) is 1.71. The third-order valence-electron chi connectivity index (χ3n) is 2.46. The van der Waals surface area contributed by atoms with Gasteiger partial charge in [0.2, 0.25) is 0 Å². The maximum atomic E-state index is 4.96. The molecule has 92 valence electrons. The van der Waals surface area contributed by atoms with Crippen LogP contribution in [0.5, 0.6) is 0 Å². The van der Waals surface area contributed by atoms with Gasteiger partial charge >= 0.3 is 0 Å². The zero-order valence-electron chi connectivity index (χ0n) is 9.90. The smallest absolute Gasteiger partial charge is 0.134 e. The SMILES string of the molecule is COCCNCCNc1nccc2sccc12. The number of ether oxygens (including phenoxy) is 1. The minimum atomic E-state index is 0.748. The van der Waals surface area contributed by atoms with Gasteiger partial charge in [0.15, 0.2) is 0 Å². The Morgan fingerprint density at radius 2 is 2.24 bits per heavy atom. The van der Waals surface area contributed by atoms with E-state index in [2.05, 4.69) is 27.1 Å². The molecular formula is C12H17N3OS. The number of nitrogens with zero attached hydrogens (tertiary/aromatic N) is 1. The Bertz CT molecular complexity index is 458. The lowest BCUT2D eigenvalue weighted by atomic mass is 10.3. The van der Waals surface area contributed by atoms with Gasteiger partial charge in [0.25, 0.3) is 0 Å². The van der Waals surface area contributed by atoms with Gasteiger partial charge in [-0.15, -0.1) is 11.3 Å². The van der Waals surface area contributed by atoms with E-state index in [1.807, 2.05) is 12.3 Å². The minimum absolute atomic E-state index is 0.748.